The minimum absolute atomic E-state index is 0.0564. The van der Waals surface area contributed by atoms with Gasteiger partial charge in [-0.15, -0.1) is 0 Å². The number of hydrogen-bond donors (Lipinski definition) is 1. The average Bonchev–Trinajstić information content (AvgIpc) is 2.75. The largest absolute Gasteiger partial charge is 0.482 e. The molecular formula is C24H22N2O6. The van der Waals surface area contributed by atoms with E-state index in [2.05, 4.69) is 5.32 Å². The van der Waals surface area contributed by atoms with Crippen molar-refractivity contribution in [3.8, 4) is 11.5 Å². The van der Waals surface area contributed by atoms with Gasteiger partial charge in [0.25, 0.3) is 11.6 Å². The zero-order valence-corrected chi connectivity index (χ0v) is 17.9. The van der Waals surface area contributed by atoms with Gasteiger partial charge in [-0.3, -0.25) is 14.9 Å². The van der Waals surface area contributed by atoms with Gasteiger partial charge in [0.15, 0.2) is 6.61 Å². The zero-order valence-electron chi connectivity index (χ0n) is 17.9. The van der Waals surface area contributed by atoms with E-state index < -0.39 is 10.9 Å². The Morgan fingerprint density at radius 3 is 2.28 bits per heavy atom. The Labute approximate surface area is 184 Å². The molecule has 3 aromatic carbocycles. The Balaban J connectivity index is 1.55. The molecule has 0 aliphatic heterocycles. The summed E-state index contributed by atoms with van der Waals surface area (Å²) >= 11 is 0. The normalized spacial score (nSPS) is 10.3. The predicted molar refractivity (Wildman–Crippen MR) is 119 cm³/mol. The van der Waals surface area contributed by atoms with Gasteiger partial charge in [-0.25, -0.2) is 4.79 Å². The number of carbonyl (C=O) groups excluding carboxylic acids is 2. The number of nitrogens with zero attached hydrogens (tertiary/aromatic N) is 1. The van der Waals surface area contributed by atoms with Crippen molar-refractivity contribution < 1.29 is 24.0 Å². The first-order chi connectivity index (χ1) is 15.2. The van der Waals surface area contributed by atoms with Crippen molar-refractivity contribution in [2.75, 3.05) is 11.9 Å². The van der Waals surface area contributed by atoms with E-state index in [4.69, 9.17) is 9.47 Å². The number of nitro groups is 1. The highest BCUT2D eigenvalue weighted by Gasteiger charge is 2.13. The van der Waals surface area contributed by atoms with Crippen molar-refractivity contribution in [1.82, 2.24) is 0 Å². The maximum Gasteiger partial charge on any atom is 0.349 e. The van der Waals surface area contributed by atoms with E-state index in [0.717, 1.165) is 16.8 Å². The van der Waals surface area contributed by atoms with Crippen LogP contribution in [0.3, 0.4) is 0 Å². The van der Waals surface area contributed by atoms with E-state index in [1.165, 1.54) is 30.3 Å². The van der Waals surface area contributed by atoms with E-state index >= 15 is 0 Å². The molecule has 0 heterocycles. The molecule has 3 aromatic rings. The van der Waals surface area contributed by atoms with Crippen LogP contribution in [0.25, 0.3) is 0 Å². The van der Waals surface area contributed by atoms with E-state index in [-0.39, 0.29) is 24.0 Å². The molecule has 3 rings (SSSR count). The third kappa shape index (κ3) is 5.69. The van der Waals surface area contributed by atoms with Crippen LogP contribution in [0, 0.1) is 30.9 Å². The quantitative estimate of drug-likeness (QED) is 0.249. The van der Waals surface area contributed by atoms with Crippen LogP contribution in [0.5, 0.6) is 11.5 Å². The monoisotopic (exact) mass is 434 g/mol. The van der Waals surface area contributed by atoms with E-state index in [1.807, 2.05) is 32.0 Å². The fourth-order valence-electron chi connectivity index (χ4n) is 3.03. The highest BCUT2D eigenvalue weighted by Crippen LogP contribution is 2.23. The SMILES string of the molecule is Cc1ccc(NC(=O)c2ccc(OC(=O)COc3ccc([N+](=O)[O-])cc3C)cc2)c(C)c1. The number of amides is 1. The first-order valence-corrected chi connectivity index (χ1v) is 9.80. The second kappa shape index (κ2) is 9.74. The van der Waals surface area contributed by atoms with Crippen LogP contribution < -0.4 is 14.8 Å². The molecule has 0 saturated heterocycles. The van der Waals surface area contributed by atoms with Gasteiger partial charge < -0.3 is 14.8 Å². The van der Waals surface area contributed by atoms with Gasteiger partial charge in [0.2, 0.25) is 0 Å². The number of carbonyl (C=O) groups is 2. The van der Waals surface area contributed by atoms with E-state index in [0.29, 0.717) is 16.9 Å². The molecule has 32 heavy (non-hydrogen) atoms. The molecular weight excluding hydrogens is 412 g/mol. The van der Waals surface area contributed by atoms with Crippen LogP contribution in [0.15, 0.2) is 60.7 Å². The van der Waals surface area contributed by atoms with Crippen LogP contribution in [-0.4, -0.2) is 23.4 Å². The molecule has 0 atom stereocenters. The molecule has 0 bridgehead atoms. The number of ether oxygens (including phenoxy) is 2. The molecule has 0 aliphatic rings. The fraction of sp³-hybridized carbons (Fsp3) is 0.167. The molecule has 8 nitrogen and oxygen atoms in total. The topological polar surface area (TPSA) is 108 Å². The minimum Gasteiger partial charge on any atom is -0.482 e. The van der Waals surface area contributed by atoms with Gasteiger partial charge in [0.05, 0.1) is 4.92 Å². The Kier molecular flexibility index (Phi) is 6.84. The number of rotatable bonds is 7. The summed E-state index contributed by atoms with van der Waals surface area (Å²) in [7, 11) is 0. The Morgan fingerprint density at radius 1 is 0.938 bits per heavy atom. The average molecular weight is 434 g/mol. The molecule has 164 valence electrons. The van der Waals surface area contributed by atoms with Crippen molar-refractivity contribution in [1.29, 1.82) is 0 Å². The second-order valence-corrected chi connectivity index (χ2v) is 7.27. The van der Waals surface area contributed by atoms with Gasteiger partial charge in [-0.05, 0) is 68.3 Å². The number of aryl methyl sites for hydroxylation is 3. The molecule has 0 radical (unpaired) electrons. The Morgan fingerprint density at radius 2 is 1.66 bits per heavy atom. The summed E-state index contributed by atoms with van der Waals surface area (Å²) < 4.78 is 10.6. The van der Waals surface area contributed by atoms with Gasteiger partial charge in [0, 0.05) is 23.4 Å². The highest BCUT2D eigenvalue weighted by atomic mass is 16.6. The van der Waals surface area contributed by atoms with Gasteiger partial charge in [-0.2, -0.15) is 0 Å². The Hall–Kier alpha value is -4.20. The molecule has 8 heteroatoms. The fourth-order valence-corrected chi connectivity index (χ4v) is 3.03. The van der Waals surface area contributed by atoms with Gasteiger partial charge in [0.1, 0.15) is 11.5 Å². The standard InChI is InChI=1S/C24H22N2O6/c1-15-4-10-21(16(2)12-15)25-24(28)18-5-8-20(9-6-18)32-23(27)14-31-22-11-7-19(26(29)30)13-17(22)3/h4-13H,14H2,1-3H3,(H,25,28). The lowest BCUT2D eigenvalue weighted by Crippen LogP contribution is -2.18. The maximum atomic E-state index is 12.5. The minimum atomic E-state index is -0.643. The van der Waals surface area contributed by atoms with Crippen molar-refractivity contribution >= 4 is 23.3 Å². The molecule has 1 N–H and O–H groups in total. The maximum absolute atomic E-state index is 12.5. The molecule has 0 unspecified atom stereocenters. The van der Waals surface area contributed by atoms with E-state index in [1.54, 1.807) is 19.1 Å². The van der Waals surface area contributed by atoms with Crippen LogP contribution in [0.1, 0.15) is 27.0 Å². The van der Waals surface area contributed by atoms with Crippen molar-refractivity contribution in [2.45, 2.75) is 20.8 Å². The van der Waals surface area contributed by atoms with E-state index in [9.17, 15) is 19.7 Å². The van der Waals surface area contributed by atoms with Crippen LogP contribution >= 0.6 is 0 Å². The number of nitrogens with one attached hydrogen (secondary N) is 1. The summed E-state index contributed by atoms with van der Waals surface area (Å²) in [6, 6.07) is 16.0. The zero-order chi connectivity index (χ0) is 23.3. The molecule has 0 saturated carbocycles. The summed E-state index contributed by atoms with van der Waals surface area (Å²) in [6.45, 7) is 5.19. The summed E-state index contributed by atoms with van der Waals surface area (Å²) in [5.74, 6) is -0.296. The van der Waals surface area contributed by atoms with Crippen molar-refractivity contribution in [3.63, 3.8) is 0 Å². The third-order valence-corrected chi connectivity index (χ3v) is 4.69. The van der Waals surface area contributed by atoms with Crippen molar-refractivity contribution in [2.24, 2.45) is 0 Å². The first-order valence-electron chi connectivity index (χ1n) is 9.80. The van der Waals surface area contributed by atoms with Crippen LogP contribution in [-0.2, 0) is 4.79 Å². The lowest BCUT2D eigenvalue weighted by molar-refractivity contribution is -0.384. The number of non-ortho nitro benzene ring substituents is 1. The Bertz CT molecular complexity index is 1170. The lowest BCUT2D eigenvalue weighted by atomic mass is 10.1. The van der Waals surface area contributed by atoms with Gasteiger partial charge in [-0.1, -0.05) is 17.7 Å². The third-order valence-electron chi connectivity index (χ3n) is 4.69. The molecule has 0 aromatic heterocycles. The molecule has 0 spiro atoms. The molecule has 1 amide bonds. The number of anilines is 1. The summed E-state index contributed by atoms with van der Waals surface area (Å²) in [4.78, 5) is 34.8. The highest BCUT2D eigenvalue weighted by molar-refractivity contribution is 6.04. The summed E-state index contributed by atoms with van der Waals surface area (Å²) in [5, 5.41) is 13.6. The van der Waals surface area contributed by atoms with Crippen LogP contribution in [0.4, 0.5) is 11.4 Å². The number of esters is 1. The lowest BCUT2D eigenvalue weighted by Gasteiger charge is -2.10. The summed E-state index contributed by atoms with van der Waals surface area (Å²) in [6.07, 6.45) is 0. The predicted octanol–water partition coefficient (Wildman–Crippen LogP) is 4.76. The second-order valence-electron chi connectivity index (χ2n) is 7.27. The number of benzene rings is 3. The van der Waals surface area contributed by atoms with Gasteiger partial charge >= 0.3 is 5.97 Å². The first kappa shape index (κ1) is 22.5. The molecule has 0 aliphatic carbocycles. The van der Waals surface area contributed by atoms with Crippen molar-refractivity contribution in [3.05, 3.63) is 93.0 Å². The number of nitro benzene ring substituents is 1. The number of hydrogen-bond acceptors (Lipinski definition) is 6. The molecule has 0 fully saturated rings. The van der Waals surface area contributed by atoms with Crippen LogP contribution in [0.2, 0.25) is 0 Å². The smallest absolute Gasteiger partial charge is 0.349 e. The summed E-state index contributed by atoms with van der Waals surface area (Å²) in [5.41, 5.74) is 3.70.